The Morgan fingerprint density at radius 3 is 2.62 bits per heavy atom. The van der Waals surface area contributed by atoms with Gasteiger partial charge >= 0.3 is 5.97 Å². The van der Waals surface area contributed by atoms with Crippen LogP contribution in [0.5, 0.6) is 0 Å². The van der Waals surface area contributed by atoms with Crippen molar-refractivity contribution in [2.24, 2.45) is 0 Å². The van der Waals surface area contributed by atoms with Crippen LogP contribution in [0.3, 0.4) is 0 Å². The summed E-state index contributed by atoms with van der Waals surface area (Å²) >= 11 is 0. The SMILES string of the molecule is CCOC(=O)C(C)n1c(C)cc(C=O)c1C. The van der Waals surface area contributed by atoms with Gasteiger partial charge in [0.1, 0.15) is 6.04 Å². The number of carbonyl (C=O) groups excluding carboxylic acids is 2. The number of esters is 1. The molecule has 4 nitrogen and oxygen atoms in total. The monoisotopic (exact) mass is 223 g/mol. The smallest absolute Gasteiger partial charge is 0.328 e. The molecule has 0 aliphatic heterocycles. The lowest BCUT2D eigenvalue weighted by molar-refractivity contribution is -0.146. The predicted molar refractivity (Wildman–Crippen MR) is 60.6 cm³/mol. The zero-order valence-electron chi connectivity index (χ0n) is 10.1. The average molecular weight is 223 g/mol. The summed E-state index contributed by atoms with van der Waals surface area (Å²) in [5.41, 5.74) is 2.31. The van der Waals surface area contributed by atoms with Gasteiger partial charge in [0, 0.05) is 17.0 Å². The van der Waals surface area contributed by atoms with Crippen molar-refractivity contribution in [3.63, 3.8) is 0 Å². The minimum atomic E-state index is -0.395. The Labute approximate surface area is 95.2 Å². The first kappa shape index (κ1) is 12.5. The summed E-state index contributed by atoms with van der Waals surface area (Å²) in [7, 11) is 0. The van der Waals surface area contributed by atoms with Crippen LogP contribution in [-0.2, 0) is 9.53 Å². The Morgan fingerprint density at radius 2 is 2.19 bits per heavy atom. The highest BCUT2D eigenvalue weighted by atomic mass is 16.5. The molecule has 4 heteroatoms. The Balaban J connectivity index is 3.08. The van der Waals surface area contributed by atoms with E-state index >= 15 is 0 Å². The maximum Gasteiger partial charge on any atom is 0.328 e. The van der Waals surface area contributed by atoms with Gasteiger partial charge in [0.05, 0.1) is 6.61 Å². The van der Waals surface area contributed by atoms with Gasteiger partial charge in [-0.3, -0.25) is 4.79 Å². The fourth-order valence-electron chi connectivity index (χ4n) is 1.89. The second kappa shape index (κ2) is 4.96. The Hall–Kier alpha value is -1.58. The van der Waals surface area contributed by atoms with Crippen molar-refractivity contribution in [3.8, 4) is 0 Å². The maximum absolute atomic E-state index is 11.6. The van der Waals surface area contributed by atoms with E-state index in [9.17, 15) is 9.59 Å². The second-order valence-corrected chi connectivity index (χ2v) is 3.74. The molecule has 0 N–H and O–H groups in total. The van der Waals surface area contributed by atoms with Gasteiger partial charge in [0.15, 0.2) is 6.29 Å². The number of aldehydes is 1. The molecular formula is C12H17NO3. The molecule has 0 amide bonds. The van der Waals surface area contributed by atoms with Crippen molar-refractivity contribution >= 4 is 12.3 Å². The summed E-state index contributed by atoms with van der Waals surface area (Å²) in [5, 5.41) is 0. The van der Waals surface area contributed by atoms with E-state index in [1.165, 1.54) is 0 Å². The molecular weight excluding hydrogens is 206 g/mol. The third-order valence-electron chi connectivity index (χ3n) is 2.67. The van der Waals surface area contributed by atoms with Gasteiger partial charge in [-0.25, -0.2) is 4.79 Å². The molecule has 1 unspecified atom stereocenters. The first-order valence-electron chi connectivity index (χ1n) is 5.33. The van der Waals surface area contributed by atoms with Crippen LogP contribution in [0.4, 0.5) is 0 Å². The minimum Gasteiger partial charge on any atom is -0.464 e. The minimum absolute atomic E-state index is 0.276. The number of ether oxygens (including phenoxy) is 1. The van der Waals surface area contributed by atoms with E-state index in [1.807, 2.05) is 18.4 Å². The summed E-state index contributed by atoms with van der Waals surface area (Å²) in [6, 6.07) is 1.38. The molecule has 0 saturated heterocycles. The molecule has 0 aliphatic carbocycles. The van der Waals surface area contributed by atoms with Crippen molar-refractivity contribution < 1.29 is 14.3 Å². The third kappa shape index (κ3) is 2.15. The van der Waals surface area contributed by atoms with Crippen molar-refractivity contribution in [3.05, 3.63) is 23.0 Å². The molecule has 0 radical (unpaired) electrons. The number of hydrogen-bond donors (Lipinski definition) is 0. The highest BCUT2D eigenvalue weighted by Crippen LogP contribution is 2.20. The quantitative estimate of drug-likeness (QED) is 0.579. The molecule has 0 aromatic carbocycles. The van der Waals surface area contributed by atoms with Crippen molar-refractivity contribution in [2.75, 3.05) is 6.61 Å². The lowest BCUT2D eigenvalue weighted by Gasteiger charge is -2.16. The van der Waals surface area contributed by atoms with Crippen molar-refractivity contribution in [1.82, 2.24) is 4.57 Å². The average Bonchev–Trinajstić information content (AvgIpc) is 2.53. The van der Waals surface area contributed by atoms with E-state index in [0.717, 1.165) is 17.7 Å². The van der Waals surface area contributed by atoms with Crippen LogP contribution >= 0.6 is 0 Å². The molecule has 0 aliphatic rings. The van der Waals surface area contributed by atoms with Gasteiger partial charge in [-0.15, -0.1) is 0 Å². The number of hydrogen-bond acceptors (Lipinski definition) is 3. The van der Waals surface area contributed by atoms with Gasteiger partial charge in [-0.2, -0.15) is 0 Å². The summed E-state index contributed by atoms with van der Waals surface area (Å²) in [5.74, 6) is -0.276. The van der Waals surface area contributed by atoms with Crippen LogP contribution in [0, 0.1) is 13.8 Å². The van der Waals surface area contributed by atoms with Crippen molar-refractivity contribution in [1.29, 1.82) is 0 Å². The van der Waals surface area contributed by atoms with Gasteiger partial charge < -0.3 is 9.30 Å². The Kier molecular flexibility index (Phi) is 3.88. The van der Waals surface area contributed by atoms with Crippen LogP contribution in [-0.4, -0.2) is 23.4 Å². The van der Waals surface area contributed by atoms with Gasteiger partial charge in [0.25, 0.3) is 0 Å². The number of aromatic nitrogens is 1. The third-order valence-corrected chi connectivity index (χ3v) is 2.67. The van der Waals surface area contributed by atoms with E-state index in [1.54, 1.807) is 19.9 Å². The topological polar surface area (TPSA) is 48.3 Å². The summed E-state index contributed by atoms with van der Waals surface area (Å²) in [6.07, 6.45) is 0.802. The molecule has 0 saturated carbocycles. The zero-order chi connectivity index (χ0) is 12.3. The van der Waals surface area contributed by atoms with Gasteiger partial charge in [-0.1, -0.05) is 0 Å². The van der Waals surface area contributed by atoms with E-state index in [4.69, 9.17) is 4.74 Å². The van der Waals surface area contributed by atoms with E-state index < -0.39 is 6.04 Å². The molecule has 1 rings (SSSR count). The molecule has 88 valence electrons. The predicted octanol–water partition coefficient (Wildman–Crippen LogP) is 2.04. The van der Waals surface area contributed by atoms with Gasteiger partial charge in [0.2, 0.25) is 0 Å². The maximum atomic E-state index is 11.6. The first-order chi connectivity index (χ1) is 7.52. The lowest BCUT2D eigenvalue weighted by atomic mass is 10.2. The normalized spacial score (nSPS) is 12.2. The molecule has 1 aromatic heterocycles. The standard InChI is InChI=1S/C12H17NO3/c1-5-16-12(15)10(4)13-8(2)6-11(7-14)9(13)3/h6-7,10H,5H2,1-4H3. The summed E-state index contributed by atoms with van der Waals surface area (Å²) < 4.78 is 6.78. The Bertz CT molecular complexity index is 407. The second-order valence-electron chi connectivity index (χ2n) is 3.74. The van der Waals surface area contributed by atoms with Crippen LogP contribution in [0.1, 0.15) is 41.6 Å². The molecule has 0 spiro atoms. The fourth-order valence-corrected chi connectivity index (χ4v) is 1.89. The van der Waals surface area contributed by atoms with E-state index in [2.05, 4.69) is 0 Å². The van der Waals surface area contributed by atoms with E-state index in [-0.39, 0.29) is 5.97 Å². The number of aryl methyl sites for hydroxylation is 1. The number of rotatable bonds is 4. The summed E-state index contributed by atoms with van der Waals surface area (Å²) in [4.78, 5) is 22.4. The highest BCUT2D eigenvalue weighted by molar-refractivity contribution is 5.79. The van der Waals surface area contributed by atoms with Crippen LogP contribution in [0.2, 0.25) is 0 Å². The summed E-state index contributed by atoms with van der Waals surface area (Å²) in [6.45, 7) is 7.61. The fraction of sp³-hybridized carbons (Fsp3) is 0.500. The number of carbonyl (C=O) groups is 2. The molecule has 0 fully saturated rings. The van der Waals surface area contributed by atoms with E-state index in [0.29, 0.717) is 12.2 Å². The lowest BCUT2D eigenvalue weighted by Crippen LogP contribution is -2.21. The molecule has 1 atom stereocenters. The van der Waals surface area contributed by atoms with Crippen LogP contribution < -0.4 is 0 Å². The highest BCUT2D eigenvalue weighted by Gasteiger charge is 2.20. The first-order valence-corrected chi connectivity index (χ1v) is 5.33. The van der Waals surface area contributed by atoms with Gasteiger partial charge in [-0.05, 0) is 33.8 Å². The molecule has 16 heavy (non-hydrogen) atoms. The van der Waals surface area contributed by atoms with Crippen LogP contribution in [0.25, 0.3) is 0 Å². The molecule has 1 heterocycles. The molecule has 1 aromatic rings. The van der Waals surface area contributed by atoms with Crippen LogP contribution in [0.15, 0.2) is 6.07 Å². The molecule has 0 bridgehead atoms. The largest absolute Gasteiger partial charge is 0.464 e. The zero-order valence-corrected chi connectivity index (χ0v) is 10.1. The Morgan fingerprint density at radius 1 is 1.56 bits per heavy atom. The van der Waals surface area contributed by atoms with Crippen molar-refractivity contribution in [2.45, 2.75) is 33.7 Å². The number of nitrogens with zero attached hydrogens (tertiary/aromatic N) is 1.